The maximum atomic E-state index is 12.8. The molecule has 3 aromatic rings. The highest BCUT2D eigenvalue weighted by molar-refractivity contribution is 7.99. The monoisotopic (exact) mass is 460 g/mol. The normalized spacial score (nSPS) is 12.1. The molecule has 31 heavy (non-hydrogen) atoms. The number of carbonyl (C=O) groups excluding carboxylic acids is 1. The second-order valence-electron chi connectivity index (χ2n) is 6.41. The molecule has 0 atom stereocenters. The van der Waals surface area contributed by atoms with Gasteiger partial charge < -0.3 is 5.32 Å². The van der Waals surface area contributed by atoms with Gasteiger partial charge in [0.25, 0.3) is 0 Å². The van der Waals surface area contributed by atoms with Gasteiger partial charge in [0.15, 0.2) is 0 Å². The van der Waals surface area contributed by atoms with E-state index in [-0.39, 0.29) is 10.7 Å². The maximum absolute atomic E-state index is 12.8. The van der Waals surface area contributed by atoms with Crippen molar-refractivity contribution in [2.24, 2.45) is 0 Å². The van der Waals surface area contributed by atoms with Gasteiger partial charge in [0.1, 0.15) is 5.03 Å². The van der Waals surface area contributed by atoms with E-state index >= 15 is 0 Å². The molecule has 1 N–H and O–H groups in total. The minimum atomic E-state index is -4.56. The van der Waals surface area contributed by atoms with E-state index in [4.69, 9.17) is 0 Å². The molecule has 0 unspecified atom stereocenters. The van der Waals surface area contributed by atoms with E-state index in [1.165, 1.54) is 12.1 Å². The Labute approximate surface area is 176 Å². The van der Waals surface area contributed by atoms with Crippen LogP contribution in [0.1, 0.15) is 22.5 Å². The molecule has 0 fully saturated rings. The van der Waals surface area contributed by atoms with Crippen LogP contribution in [0.2, 0.25) is 0 Å². The number of carbonyl (C=O) groups is 1. The fourth-order valence-electron chi connectivity index (χ4n) is 2.64. The highest BCUT2D eigenvalue weighted by atomic mass is 32.2. The molecule has 3 rings (SSSR count). The molecule has 1 aromatic carbocycles. The number of nitrogens with zero attached hydrogens (tertiary/aromatic N) is 3. The second kappa shape index (κ2) is 8.25. The first-order valence-electron chi connectivity index (χ1n) is 8.62. The van der Waals surface area contributed by atoms with Gasteiger partial charge in [0.05, 0.1) is 27.4 Å². The van der Waals surface area contributed by atoms with Crippen LogP contribution in [-0.4, -0.2) is 20.8 Å². The molecule has 0 saturated carbocycles. The van der Waals surface area contributed by atoms with Gasteiger partial charge in [0.2, 0.25) is 0 Å². The summed E-state index contributed by atoms with van der Waals surface area (Å²) in [5.41, 5.74) is -1.10. The van der Waals surface area contributed by atoms with Crippen LogP contribution < -0.4 is 5.32 Å². The van der Waals surface area contributed by atoms with Crippen molar-refractivity contribution in [1.82, 2.24) is 14.8 Å². The number of alkyl halides is 6. The fourth-order valence-corrected chi connectivity index (χ4v) is 3.51. The van der Waals surface area contributed by atoms with E-state index in [0.29, 0.717) is 22.5 Å². The van der Waals surface area contributed by atoms with Crippen molar-refractivity contribution in [1.29, 1.82) is 0 Å². The molecule has 12 heteroatoms. The van der Waals surface area contributed by atoms with Gasteiger partial charge in [-0.25, -0.2) is 9.78 Å². The van der Waals surface area contributed by atoms with Crippen molar-refractivity contribution in [3.63, 3.8) is 0 Å². The highest BCUT2D eigenvalue weighted by Gasteiger charge is 2.31. The zero-order valence-electron chi connectivity index (χ0n) is 16.0. The Morgan fingerprint density at radius 3 is 2.26 bits per heavy atom. The van der Waals surface area contributed by atoms with Crippen LogP contribution >= 0.6 is 11.8 Å². The summed E-state index contributed by atoms with van der Waals surface area (Å²) in [4.78, 5) is 16.8. The smallest absolute Gasteiger partial charge is 0.306 e. The first-order chi connectivity index (χ1) is 14.4. The number of halogens is 6. The Morgan fingerprint density at radius 1 is 1.00 bits per heavy atom. The average molecular weight is 460 g/mol. The van der Waals surface area contributed by atoms with Crippen molar-refractivity contribution >= 4 is 23.5 Å². The molecule has 2 heterocycles. The van der Waals surface area contributed by atoms with Gasteiger partial charge in [-0.05, 0) is 44.2 Å². The van der Waals surface area contributed by atoms with Crippen LogP contribution in [-0.2, 0) is 12.4 Å². The molecule has 0 aliphatic heterocycles. The number of amides is 1. The van der Waals surface area contributed by atoms with E-state index in [1.807, 2.05) is 0 Å². The van der Waals surface area contributed by atoms with Gasteiger partial charge in [-0.1, -0.05) is 17.8 Å². The summed E-state index contributed by atoms with van der Waals surface area (Å²) >= 11 is 1.02. The number of aryl methyl sites for hydroxylation is 1. The molecule has 2 aromatic heterocycles. The third-order valence-electron chi connectivity index (χ3n) is 4.13. The number of aromatic nitrogens is 3. The van der Waals surface area contributed by atoms with Crippen LogP contribution in [0.3, 0.4) is 0 Å². The molecule has 0 saturated heterocycles. The van der Waals surface area contributed by atoms with Gasteiger partial charge >= 0.3 is 18.4 Å². The van der Waals surface area contributed by atoms with E-state index < -0.39 is 29.5 Å². The SMILES string of the molecule is Cc1nn(C(=O)Nc2cccc(C(F)(F)F)c2)c(C)c1Sc1ccc(C(F)(F)F)cn1. The topological polar surface area (TPSA) is 59.8 Å². The standard InChI is InChI=1S/C19H14F6N4OS/c1-10-16(31-15-7-6-13(9-26-15)19(23,24)25)11(2)29(28-10)17(30)27-14-5-3-4-12(8-14)18(20,21)22/h3-9H,1-2H3,(H,27,30). The molecule has 0 aliphatic carbocycles. The zero-order chi connectivity index (χ0) is 23.0. The molecule has 0 bridgehead atoms. The molecule has 164 valence electrons. The zero-order valence-corrected chi connectivity index (χ0v) is 16.8. The van der Waals surface area contributed by atoms with Crippen LogP contribution in [0.15, 0.2) is 52.5 Å². The summed E-state index contributed by atoms with van der Waals surface area (Å²) in [5, 5.41) is 6.70. The number of nitrogens with one attached hydrogen (secondary N) is 1. The molecule has 1 amide bonds. The first-order valence-corrected chi connectivity index (χ1v) is 9.44. The highest BCUT2D eigenvalue weighted by Crippen LogP contribution is 2.34. The molecule has 5 nitrogen and oxygen atoms in total. The number of benzene rings is 1. The van der Waals surface area contributed by atoms with Crippen molar-refractivity contribution in [2.45, 2.75) is 36.1 Å². The van der Waals surface area contributed by atoms with Gasteiger partial charge in [-0.15, -0.1) is 0 Å². The van der Waals surface area contributed by atoms with Crippen molar-refractivity contribution < 1.29 is 31.1 Å². The lowest BCUT2D eigenvalue weighted by molar-refractivity contribution is -0.138. The fraction of sp³-hybridized carbons (Fsp3) is 0.211. The lowest BCUT2D eigenvalue weighted by Gasteiger charge is -2.10. The summed E-state index contributed by atoms with van der Waals surface area (Å²) in [6.45, 7) is 3.14. The van der Waals surface area contributed by atoms with Gasteiger partial charge in [-0.2, -0.15) is 36.1 Å². The molecule has 0 radical (unpaired) electrons. The third-order valence-corrected chi connectivity index (χ3v) is 5.37. The molecular weight excluding hydrogens is 446 g/mol. The Morgan fingerprint density at radius 2 is 1.68 bits per heavy atom. The van der Waals surface area contributed by atoms with Crippen molar-refractivity contribution in [2.75, 3.05) is 5.32 Å². The predicted octanol–water partition coefficient (Wildman–Crippen LogP) is 6.16. The summed E-state index contributed by atoms with van der Waals surface area (Å²) in [6, 6.07) is 5.46. The predicted molar refractivity (Wildman–Crippen MR) is 101 cm³/mol. The van der Waals surface area contributed by atoms with E-state index in [9.17, 15) is 31.1 Å². The number of hydrogen-bond donors (Lipinski definition) is 1. The lowest BCUT2D eigenvalue weighted by atomic mass is 10.2. The Kier molecular flexibility index (Phi) is 6.03. The van der Waals surface area contributed by atoms with Crippen LogP contribution in [0.25, 0.3) is 0 Å². The van der Waals surface area contributed by atoms with Crippen LogP contribution in [0.5, 0.6) is 0 Å². The number of pyridine rings is 1. The first kappa shape index (κ1) is 22.7. The second-order valence-corrected chi connectivity index (χ2v) is 7.44. The Balaban J connectivity index is 1.80. The van der Waals surface area contributed by atoms with E-state index in [1.54, 1.807) is 13.8 Å². The summed E-state index contributed by atoms with van der Waals surface area (Å²) < 4.78 is 77.5. The minimum Gasteiger partial charge on any atom is -0.306 e. The number of anilines is 1. The van der Waals surface area contributed by atoms with Crippen molar-refractivity contribution in [3.8, 4) is 0 Å². The van der Waals surface area contributed by atoms with E-state index in [2.05, 4.69) is 15.4 Å². The van der Waals surface area contributed by atoms with Gasteiger partial charge in [-0.3, -0.25) is 0 Å². The van der Waals surface area contributed by atoms with Crippen LogP contribution in [0, 0.1) is 13.8 Å². The third kappa shape index (κ3) is 5.19. The molecular formula is C19H14F6N4OS. The molecule has 0 aliphatic rings. The average Bonchev–Trinajstić information content (AvgIpc) is 2.95. The lowest BCUT2D eigenvalue weighted by Crippen LogP contribution is -2.22. The Hall–Kier alpha value is -3.02. The summed E-state index contributed by atoms with van der Waals surface area (Å²) in [6.07, 6.45) is -8.36. The summed E-state index contributed by atoms with van der Waals surface area (Å²) in [5.74, 6) is 0. The van der Waals surface area contributed by atoms with Crippen LogP contribution in [0.4, 0.5) is 36.8 Å². The number of hydrogen-bond acceptors (Lipinski definition) is 4. The maximum Gasteiger partial charge on any atom is 0.417 e. The number of rotatable bonds is 3. The molecule has 0 spiro atoms. The Bertz CT molecular complexity index is 1110. The largest absolute Gasteiger partial charge is 0.417 e. The van der Waals surface area contributed by atoms with Crippen molar-refractivity contribution in [3.05, 3.63) is 65.1 Å². The summed E-state index contributed by atoms with van der Waals surface area (Å²) in [7, 11) is 0. The quantitative estimate of drug-likeness (QED) is 0.476. The minimum absolute atomic E-state index is 0.0639. The van der Waals surface area contributed by atoms with E-state index in [0.717, 1.165) is 40.7 Å². The van der Waals surface area contributed by atoms with Gasteiger partial charge in [0, 0.05) is 11.9 Å².